The fourth-order valence-electron chi connectivity index (χ4n) is 4.44. The van der Waals surface area contributed by atoms with Crippen molar-refractivity contribution in [3.05, 3.63) is 107 Å². The Morgan fingerprint density at radius 3 is 2.67 bits per heavy atom. The van der Waals surface area contributed by atoms with Crippen molar-refractivity contribution in [1.29, 1.82) is 0 Å². The van der Waals surface area contributed by atoms with Gasteiger partial charge in [-0.2, -0.15) is 9.78 Å². The highest BCUT2D eigenvalue weighted by atomic mass is 16.5. The molecule has 1 saturated heterocycles. The van der Waals surface area contributed by atoms with Crippen LogP contribution in [-0.4, -0.2) is 34.9 Å². The third-order valence-corrected chi connectivity index (χ3v) is 6.60. The number of nitrogens with one attached hydrogen (secondary N) is 2. The number of hydrogen-bond acceptors (Lipinski definition) is 6. The van der Waals surface area contributed by atoms with Gasteiger partial charge in [0.1, 0.15) is 5.75 Å². The van der Waals surface area contributed by atoms with E-state index in [1.54, 1.807) is 24.3 Å². The minimum Gasteiger partial charge on any atom is -0.453 e. The fraction of sp³-hybridized carbons (Fsp3) is 0.258. The lowest BCUT2D eigenvalue weighted by Gasteiger charge is -2.16. The Bertz CT molecular complexity index is 1490. The highest BCUT2D eigenvalue weighted by Crippen LogP contribution is 2.30. The van der Waals surface area contributed by atoms with Crippen LogP contribution in [0.1, 0.15) is 48.5 Å². The molecule has 0 radical (unpaired) electrons. The van der Waals surface area contributed by atoms with Gasteiger partial charge in [0, 0.05) is 24.4 Å². The van der Waals surface area contributed by atoms with E-state index in [9.17, 15) is 9.59 Å². The van der Waals surface area contributed by atoms with Crippen molar-refractivity contribution in [2.24, 2.45) is 0 Å². The van der Waals surface area contributed by atoms with Crippen LogP contribution >= 0.6 is 0 Å². The second kappa shape index (κ2) is 12.0. The number of ether oxygens (including phenoxy) is 2. The van der Waals surface area contributed by atoms with Crippen LogP contribution in [0.5, 0.6) is 11.5 Å². The lowest BCUT2D eigenvalue weighted by Crippen LogP contribution is -2.31. The highest BCUT2D eigenvalue weighted by molar-refractivity contribution is 5.95. The summed E-state index contributed by atoms with van der Waals surface area (Å²) in [5, 5.41) is 10.5. The maximum atomic E-state index is 13.7. The molecule has 8 heteroatoms. The molecule has 0 unspecified atom stereocenters. The summed E-state index contributed by atoms with van der Waals surface area (Å²) in [5.74, 6) is 1.00. The number of aromatic nitrogens is 2. The van der Waals surface area contributed by atoms with Crippen LogP contribution in [0.15, 0.2) is 89.9 Å². The first-order valence-electron chi connectivity index (χ1n) is 13.2. The number of benzene rings is 3. The smallest absolute Gasteiger partial charge is 0.299 e. The second-order valence-corrected chi connectivity index (χ2v) is 9.82. The molecular weight excluding hydrogens is 492 g/mol. The van der Waals surface area contributed by atoms with Crippen LogP contribution in [0.2, 0.25) is 0 Å². The van der Waals surface area contributed by atoms with E-state index in [0.717, 1.165) is 25.0 Å². The van der Waals surface area contributed by atoms with E-state index >= 15 is 0 Å². The van der Waals surface area contributed by atoms with Crippen molar-refractivity contribution >= 4 is 17.3 Å². The first-order valence-corrected chi connectivity index (χ1v) is 13.2. The van der Waals surface area contributed by atoms with Gasteiger partial charge in [0.15, 0.2) is 11.4 Å². The van der Waals surface area contributed by atoms with Crippen molar-refractivity contribution in [3.8, 4) is 17.2 Å². The van der Waals surface area contributed by atoms with Gasteiger partial charge in [0.05, 0.1) is 18.0 Å². The topological polar surface area (TPSA) is 94.5 Å². The van der Waals surface area contributed by atoms with E-state index in [0.29, 0.717) is 35.2 Å². The summed E-state index contributed by atoms with van der Waals surface area (Å²) < 4.78 is 13.1. The van der Waals surface area contributed by atoms with Crippen LogP contribution in [0.3, 0.4) is 0 Å². The molecule has 8 nitrogen and oxygen atoms in total. The normalized spacial score (nSPS) is 14.8. The van der Waals surface area contributed by atoms with Crippen molar-refractivity contribution in [1.82, 2.24) is 15.1 Å². The van der Waals surface area contributed by atoms with Crippen LogP contribution in [0, 0.1) is 0 Å². The van der Waals surface area contributed by atoms with Gasteiger partial charge in [0.25, 0.3) is 11.5 Å². The average Bonchev–Trinajstić information content (AvgIpc) is 3.48. The maximum Gasteiger partial charge on any atom is 0.299 e. The van der Waals surface area contributed by atoms with Crippen LogP contribution < -0.4 is 20.9 Å². The molecule has 2 N–H and O–H groups in total. The molecule has 1 aliphatic heterocycles. The fourth-order valence-corrected chi connectivity index (χ4v) is 4.44. The molecule has 0 aliphatic carbocycles. The number of carbonyl (C=O) groups is 1. The molecule has 5 rings (SSSR count). The predicted octanol–water partition coefficient (Wildman–Crippen LogP) is 5.80. The quantitative estimate of drug-likeness (QED) is 0.287. The molecule has 0 bridgehead atoms. The van der Waals surface area contributed by atoms with Crippen molar-refractivity contribution in [2.75, 3.05) is 18.5 Å². The predicted molar refractivity (Wildman–Crippen MR) is 151 cm³/mol. The molecule has 2 heterocycles. The summed E-state index contributed by atoms with van der Waals surface area (Å²) in [6.45, 7) is 5.42. The number of rotatable bonds is 9. The molecule has 200 valence electrons. The van der Waals surface area contributed by atoms with Gasteiger partial charge < -0.3 is 20.1 Å². The van der Waals surface area contributed by atoms with Crippen LogP contribution in [0.4, 0.5) is 11.4 Å². The zero-order chi connectivity index (χ0) is 27.2. The van der Waals surface area contributed by atoms with Gasteiger partial charge in [-0.1, -0.05) is 50.2 Å². The molecule has 1 atom stereocenters. The minimum absolute atomic E-state index is 0.0532. The van der Waals surface area contributed by atoms with E-state index in [2.05, 4.69) is 29.6 Å². The number of nitrogens with zero attached hydrogens (tertiary/aromatic N) is 2. The first-order chi connectivity index (χ1) is 19.0. The Morgan fingerprint density at radius 2 is 1.90 bits per heavy atom. The van der Waals surface area contributed by atoms with Crippen molar-refractivity contribution in [3.63, 3.8) is 0 Å². The molecular formula is C31H32N4O4. The van der Waals surface area contributed by atoms with Crippen molar-refractivity contribution in [2.45, 2.75) is 38.7 Å². The Hall–Kier alpha value is -4.43. The third-order valence-electron chi connectivity index (χ3n) is 6.60. The van der Waals surface area contributed by atoms with E-state index in [-0.39, 0.29) is 29.0 Å². The minimum atomic E-state index is -0.382. The monoisotopic (exact) mass is 524 g/mol. The molecule has 0 saturated carbocycles. The van der Waals surface area contributed by atoms with Crippen LogP contribution in [-0.2, 0) is 4.74 Å². The van der Waals surface area contributed by atoms with E-state index in [4.69, 9.17) is 9.47 Å². The Labute approximate surface area is 227 Å². The number of anilines is 2. The zero-order valence-corrected chi connectivity index (χ0v) is 22.1. The Morgan fingerprint density at radius 1 is 1.08 bits per heavy atom. The summed E-state index contributed by atoms with van der Waals surface area (Å²) in [7, 11) is 0. The third kappa shape index (κ3) is 6.35. The highest BCUT2D eigenvalue weighted by Gasteiger charge is 2.18. The molecule has 39 heavy (non-hydrogen) atoms. The van der Waals surface area contributed by atoms with Gasteiger partial charge >= 0.3 is 0 Å². The Kier molecular flexibility index (Phi) is 8.03. The standard InChI is InChI=1S/C31H32N4O4/c1-21(2)22-9-7-14-26(18-22)39-28-20-33-35(25-12-4-3-5-13-25)31(37)29(28)34-24-11-6-10-23(17-24)30(36)32-19-27-15-8-16-38-27/h3-7,9-14,17-18,20-21,27,34H,8,15-16,19H2,1-2H3,(H,32,36)/t27-/m1/s1. The summed E-state index contributed by atoms with van der Waals surface area (Å²) in [5.41, 5.74) is 2.62. The van der Waals surface area contributed by atoms with Crippen molar-refractivity contribution < 1.29 is 14.3 Å². The lowest BCUT2D eigenvalue weighted by molar-refractivity contribution is 0.0858. The Balaban J connectivity index is 1.46. The molecule has 1 fully saturated rings. The average molecular weight is 525 g/mol. The number of para-hydroxylation sites is 1. The van der Waals surface area contributed by atoms with Gasteiger partial charge in [-0.15, -0.1) is 0 Å². The molecule has 1 aromatic heterocycles. The van der Waals surface area contributed by atoms with E-state index in [1.807, 2.05) is 54.6 Å². The molecule has 4 aromatic rings. The first kappa shape index (κ1) is 26.2. The summed E-state index contributed by atoms with van der Waals surface area (Å²) in [4.78, 5) is 26.5. The largest absolute Gasteiger partial charge is 0.453 e. The van der Waals surface area contributed by atoms with E-state index in [1.165, 1.54) is 10.9 Å². The SMILES string of the molecule is CC(C)c1cccc(Oc2cnn(-c3ccccc3)c(=O)c2Nc2cccc(C(=O)NC[C@H]3CCCO3)c2)c1. The number of hydrogen-bond donors (Lipinski definition) is 2. The van der Waals surface area contributed by atoms with Gasteiger partial charge in [-0.3, -0.25) is 9.59 Å². The summed E-state index contributed by atoms with van der Waals surface area (Å²) in [6, 6.07) is 24.0. The van der Waals surface area contributed by atoms with Gasteiger partial charge in [-0.25, -0.2) is 0 Å². The lowest BCUT2D eigenvalue weighted by atomic mass is 10.0. The van der Waals surface area contributed by atoms with Crippen LogP contribution in [0.25, 0.3) is 5.69 Å². The van der Waals surface area contributed by atoms with Gasteiger partial charge in [-0.05, 0) is 66.8 Å². The molecule has 3 aromatic carbocycles. The number of amides is 1. The zero-order valence-electron chi connectivity index (χ0n) is 22.1. The molecule has 0 spiro atoms. The number of carbonyl (C=O) groups excluding carboxylic acids is 1. The molecule has 1 amide bonds. The van der Waals surface area contributed by atoms with E-state index < -0.39 is 0 Å². The second-order valence-electron chi connectivity index (χ2n) is 9.82. The maximum absolute atomic E-state index is 13.7. The molecule has 1 aliphatic rings. The summed E-state index contributed by atoms with van der Waals surface area (Å²) in [6.07, 6.45) is 3.54. The van der Waals surface area contributed by atoms with Gasteiger partial charge in [0.2, 0.25) is 0 Å². The summed E-state index contributed by atoms with van der Waals surface area (Å²) >= 11 is 0.